The van der Waals surface area contributed by atoms with E-state index in [1.165, 1.54) is 122 Å². The lowest BCUT2D eigenvalue weighted by atomic mass is 10.0. The lowest BCUT2D eigenvalue weighted by Gasteiger charge is -2.17. The third-order valence-corrected chi connectivity index (χ3v) is 7.81. The van der Waals surface area contributed by atoms with Crippen LogP contribution in [0.5, 0.6) is 0 Å². The Kier molecular flexibility index (Phi) is 31.2. The number of carbonyl (C=O) groups excluding carboxylic acids is 1. The van der Waals surface area contributed by atoms with Gasteiger partial charge in [-0.25, -0.2) is 0 Å². The highest BCUT2D eigenvalue weighted by Gasteiger charge is 2.23. The predicted molar refractivity (Wildman–Crippen MR) is 168 cm³/mol. The Morgan fingerprint density at radius 3 is 1.41 bits per heavy atom. The first kappa shape index (κ1) is 38.3. The van der Waals surface area contributed by atoms with E-state index < -0.39 is 12.2 Å². The molecule has 4 nitrogen and oxygen atoms in total. The van der Waals surface area contributed by atoms with E-state index >= 15 is 0 Å². The number of ether oxygens (including phenoxy) is 1. The Labute approximate surface area is 243 Å². The van der Waals surface area contributed by atoms with Crippen molar-refractivity contribution in [1.29, 1.82) is 0 Å². The molecule has 0 aromatic heterocycles. The van der Waals surface area contributed by atoms with E-state index in [0.29, 0.717) is 13.0 Å². The van der Waals surface area contributed by atoms with Crippen LogP contribution in [0.3, 0.4) is 0 Å². The average molecular weight is 553 g/mol. The van der Waals surface area contributed by atoms with Gasteiger partial charge in [-0.1, -0.05) is 148 Å². The van der Waals surface area contributed by atoms with Crippen LogP contribution in [0.2, 0.25) is 0 Å². The third-order valence-electron chi connectivity index (χ3n) is 7.81. The average Bonchev–Trinajstić information content (AvgIpc) is 2.94. The maximum Gasteiger partial charge on any atom is 0.164 e. The van der Waals surface area contributed by atoms with Crippen molar-refractivity contribution in [3.05, 3.63) is 12.2 Å². The zero-order valence-electron chi connectivity index (χ0n) is 26.3. The molecule has 0 saturated carbocycles. The number of hydrogen-bond acceptors (Lipinski definition) is 4. The molecule has 0 fully saturated rings. The summed E-state index contributed by atoms with van der Waals surface area (Å²) >= 11 is 0. The van der Waals surface area contributed by atoms with Crippen LogP contribution >= 0.6 is 0 Å². The van der Waals surface area contributed by atoms with E-state index in [2.05, 4.69) is 26.0 Å². The number of rotatable bonds is 32. The molecule has 0 aliphatic rings. The molecule has 39 heavy (non-hydrogen) atoms. The van der Waals surface area contributed by atoms with Crippen molar-refractivity contribution in [3.8, 4) is 0 Å². The smallest absolute Gasteiger partial charge is 0.164 e. The molecule has 4 heteroatoms. The summed E-state index contributed by atoms with van der Waals surface area (Å²) in [5, 5.41) is 20.2. The fourth-order valence-electron chi connectivity index (χ4n) is 5.07. The molecule has 0 aromatic rings. The van der Waals surface area contributed by atoms with Gasteiger partial charge in [-0.15, -0.1) is 0 Å². The number of hydrogen-bond donors (Lipinski definition) is 2. The maximum atomic E-state index is 12.2. The third kappa shape index (κ3) is 28.6. The van der Waals surface area contributed by atoms with Gasteiger partial charge >= 0.3 is 0 Å². The highest BCUT2D eigenvalue weighted by Crippen LogP contribution is 2.13. The van der Waals surface area contributed by atoms with Gasteiger partial charge in [0.1, 0.15) is 12.2 Å². The van der Waals surface area contributed by atoms with Crippen LogP contribution in [-0.2, 0) is 9.53 Å². The van der Waals surface area contributed by atoms with Crippen molar-refractivity contribution in [2.75, 3.05) is 13.2 Å². The number of aliphatic hydroxyl groups excluding tert-OH is 2. The topological polar surface area (TPSA) is 66.8 Å². The van der Waals surface area contributed by atoms with Crippen LogP contribution in [0.25, 0.3) is 0 Å². The Morgan fingerprint density at radius 2 is 0.949 bits per heavy atom. The van der Waals surface area contributed by atoms with Crippen molar-refractivity contribution in [2.24, 2.45) is 0 Å². The molecule has 0 spiro atoms. The molecule has 0 saturated heterocycles. The predicted octanol–water partition coefficient (Wildman–Crippen LogP) is 10.0. The van der Waals surface area contributed by atoms with Gasteiger partial charge < -0.3 is 14.9 Å². The molecule has 0 radical (unpaired) electrons. The van der Waals surface area contributed by atoms with Crippen LogP contribution in [0, 0.1) is 0 Å². The van der Waals surface area contributed by atoms with Gasteiger partial charge in [-0.05, 0) is 38.5 Å². The minimum atomic E-state index is -1.32. The normalized spacial score (nSPS) is 13.3. The van der Waals surface area contributed by atoms with Crippen LogP contribution in [0.15, 0.2) is 12.2 Å². The summed E-state index contributed by atoms with van der Waals surface area (Å²) in [5.74, 6) is -0.255. The number of unbranched alkanes of at least 4 members (excludes halogenated alkanes) is 22. The Hall–Kier alpha value is -0.710. The Morgan fingerprint density at radius 1 is 0.564 bits per heavy atom. The molecular formula is C35H68O4. The van der Waals surface area contributed by atoms with Crippen LogP contribution in [0.4, 0.5) is 0 Å². The van der Waals surface area contributed by atoms with Crippen LogP contribution in [0.1, 0.15) is 181 Å². The fraction of sp³-hybridized carbons (Fsp3) is 0.914. The number of Topliss-reactive ketones (excluding diaryl/α,β-unsaturated/α-hetero) is 1. The first-order chi connectivity index (χ1) is 19.1. The summed E-state index contributed by atoms with van der Waals surface area (Å²) in [5.41, 5.74) is 0. The molecule has 2 atom stereocenters. The van der Waals surface area contributed by atoms with Gasteiger partial charge in [-0.2, -0.15) is 0 Å². The molecule has 0 heterocycles. The van der Waals surface area contributed by atoms with Crippen molar-refractivity contribution >= 4 is 5.78 Å². The molecule has 232 valence electrons. The van der Waals surface area contributed by atoms with Gasteiger partial charge in [0, 0.05) is 13.0 Å². The number of carbonyl (C=O) groups is 1. The summed E-state index contributed by atoms with van der Waals surface area (Å²) in [6.07, 6.45) is 34.0. The fourth-order valence-corrected chi connectivity index (χ4v) is 5.07. The molecule has 2 N–H and O–H groups in total. The number of aliphatic hydroxyl groups is 2. The molecule has 0 aliphatic carbocycles. The zero-order valence-corrected chi connectivity index (χ0v) is 26.3. The molecule has 0 amide bonds. The quantitative estimate of drug-likeness (QED) is 0.0643. The molecule has 0 rings (SSSR count). The van der Waals surface area contributed by atoms with Gasteiger partial charge in [0.2, 0.25) is 0 Å². The van der Waals surface area contributed by atoms with E-state index in [1.807, 2.05) is 0 Å². The highest BCUT2D eigenvalue weighted by molar-refractivity contribution is 5.83. The molecular weight excluding hydrogens is 484 g/mol. The molecule has 1 unspecified atom stereocenters. The van der Waals surface area contributed by atoms with Crippen molar-refractivity contribution in [2.45, 2.75) is 193 Å². The number of ketones is 1. The second-order valence-electron chi connectivity index (χ2n) is 11.8. The van der Waals surface area contributed by atoms with Crippen molar-refractivity contribution < 1.29 is 19.7 Å². The second-order valence-corrected chi connectivity index (χ2v) is 11.8. The van der Waals surface area contributed by atoms with Gasteiger partial charge in [0.25, 0.3) is 0 Å². The van der Waals surface area contributed by atoms with Crippen molar-refractivity contribution in [3.63, 3.8) is 0 Å². The Bertz CT molecular complexity index is 519. The molecule has 0 bridgehead atoms. The monoisotopic (exact) mass is 553 g/mol. The Balaban J connectivity index is 3.46. The van der Waals surface area contributed by atoms with E-state index in [0.717, 1.165) is 38.5 Å². The maximum absolute atomic E-state index is 12.2. The van der Waals surface area contributed by atoms with E-state index in [4.69, 9.17) is 4.74 Å². The molecule has 0 aromatic carbocycles. The standard InChI is InChI=1S/C35H68O4/c1-3-5-7-9-11-13-15-17-18-19-20-22-24-26-28-30-33(36)35(38)34(37)32-39-31-29-27-25-23-21-16-14-12-10-8-6-4-2/h17-18,34-35,37-38H,3-16,19-32H2,1-2H3/b18-17-/t34-,35?/m0/s1. The summed E-state index contributed by atoms with van der Waals surface area (Å²) in [6, 6.07) is 0. The van der Waals surface area contributed by atoms with Gasteiger partial charge in [0.15, 0.2) is 5.78 Å². The van der Waals surface area contributed by atoms with Gasteiger partial charge in [0.05, 0.1) is 6.61 Å². The summed E-state index contributed by atoms with van der Waals surface area (Å²) in [4.78, 5) is 12.2. The van der Waals surface area contributed by atoms with E-state index in [-0.39, 0.29) is 12.4 Å². The van der Waals surface area contributed by atoms with Crippen LogP contribution in [-0.4, -0.2) is 41.4 Å². The van der Waals surface area contributed by atoms with Gasteiger partial charge in [-0.3, -0.25) is 4.79 Å². The minimum absolute atomic E-state index is 0.0390. The first-order valence-corrected chi connectivity index (χ1v) is 17.2. The molecule has 0 aliphatic heterocycles. The SMILES string of the molecule is CCCCCCCC/C=C\CCCCCCCC(=O)C(O)[C@@H](O)COCCCCCCCCCCCCCC. The largest absolute Gasteiger partial charge is 0.388 e. The first-order valence-electron chi connectivity index (χ1n) is 17.2. The van der Waals surface area contributed by atoms with E-state index in [9.17, 15) is 15.0 Å². The van der Waals surface area contributed by atoms with Crippen molar-refractivity contribution in [1.82, 2.24) is 0 Å². The highest BCUT2D eigenvalue weighted by atomic mass is 16.5. The number of allylic oxidation sites excluding steroid dienone is 2. The second kappa shape index (κ2) is 31.8. The minimum Gasteiger partial charge on any atom is -0.388 e. The summed E-state index contributed by atoms with van der Waals surface area (Å²) in [6.45, 7) is 5.15. The summed E-state index contributed by atoms with van der Waals surface area (Å²) in [7, 11) is 0. The van der Waals surface area contributed by atoms with E-state index in [1.54, 1.807) is 0 Å². The lowest BCUT2D eigenvalue weighted by molar-refractivity contribution is -0.135. The zero-order chi connectivity index (χ0) is 28.7. The summed E-state index contributed by atoms with van der Waals surface area (Å²) < 4.78 is 5.52. The lowest BCUT2D eigenvalue weighted by Crippen LogP contribution is -2.37. The van der Waals surface area contributed by atoms with Crippen LogP contribution < -0.4 is 0 Å².